The number of carbonyl (C=O) groups excluding carboxylic acids is 2. The number of fused-ring (bicyclic) bond motifs is 1. The summed E-state index contributed by atoms with van der Waals surface area (Å²) in [6.45, 7) is 2.42. The van der Waals surface area contributed by atoms with Crippen molar-refractivity contribution in [2.45, 2.75) is 32.1 Å². The molecule has 0 fully saturated rings. The summed E-state index contributed by atoms with van der Waals surface area (Å²) in [5.41, 5.74) is 1.54. The van der Waals surface area contributed by atoms with Crippen molar-refractivity contribution in [2.75, 3.05) is 11.5 Å². The van der Waals surface area contributed by atoms with Crippen molar-refractivity contribution in [1.29, 1.82) is 0 Å². The summed E-state index contributed by atoms with van der Waals surface area (Å²) in [5, 5.41) is 0.553. The predicted octanol–water partition coefficient (Wildman–Crippen LogP) is 5.25. The molecule has 1 aliphatic rings. The number of esters is 1. The lowest BCUT2D eigenvalue weighted by atomic mass is 9.88. The number of rotatable bonds is 6. The first-order valence-electron chi connectivity index (χ1n) is 10.5. The van der Waals surface area contributed by atoms with Crippen LogP contribution in [0.3, 0.4) is 0 Å². The molecule has 0 radical (unpaired) electrons. The summed E-state index contributed by atoms with van der Waals surface area (Å²) >= 11 is 6.25. The predicted molar refractivity (Wildman–Crippen MR) is 123 cm³/mol. The number of hydrogen-bond acceptors (Lipinski definition) is 4. The molecule has 0 spiro atoms. The third kappa shape index (κ3) is 4.40. The molecule has 32 heavy (non-hydrogen) atoms. The Morgan fingerprint density at radius 1 is 1.06 bits per heavy atom. The van der Waals surface area contributed by atoms with Gasteiger partial charge in [0.1, 0.15) is 0 Å². The monoisotopic (exact) mass is 449 g/mol. The zero-order valence-electron chi connectivity index (χ0n) is 17.8. The Morgan fingerprint density at radius 2 is 1.75 bits per heavy atom. The van der Waals surface area contributed by atoms with Crippen LogP contribution in [0.15, 0.2) is 78.9 Å². The second-order valence-corrected chi connectivity index (χ2v) is 8.05. The molecule has 6 heteroatoms. The van der Waals surface area contributed by atoms with Crippen LogP contribution in [-0.2, 0) is 37.8 Å². The minimum absolute atomic E-state index is 0.126. The second-order valence-electron chi connectivity index (χ2n) is 7.61. The third-order valence-corrected chi connectivity index (χ3v) is 5.75. The van der Waals surface area contributed by atoms with Crippen molar-refractivity contribution in [3.8, 4) is 0 Å². The molecular weight excluding hydrogens is 426 g/mol. The van der Waals surface area contributed by atoms with E-state index in [4.69, 9.17) is 21.1 Å². The van der Waals surface area contributed by atoms with Gasteiger partial charge < -0.3 is 14.4 Å². The van der Waals surface area contributed by atoms with Gasteiger partial charge in [0.2, 0.25) is 0 Å². The van der Waals surface area contributed by atoms with Gasteiger partial charge in [0.25, 0.3) is 5.91 Å². The SMILES string of the molecule is CCOC(=O)CC1(c2ccccc2)OCc2cc(Cl)ccc2N(Cc2ccccc2)C1=O. The molecule has 3 aromatic rings. The molecule has 1 aliphatic heterocycles. The minimum atomic E-state index is -1.52. The van der Waals surface area contributed by atoms with E-state index in [-0.39, 0.29) is 25.5 Å². The molecule has 0 saturated heterocycles. The van der Waals surface area contributed by atoms with E-state index in [2.05, 4.69) is 0 Å². The van der Waals surface area contributed by atoms with Crippen molar-refractivity contribution in [2.24, 2.45) is 0 Å². The Bertz CT molecular complexity index is 1100. The van der Waals surface area contributed by atoms with E-state index in [1.807, 2.05) is 54.6 Å². The molecular formula is C26H24ClNO4. The van der Waals surface area contributed by atoms with Crippen LogP contribution in [0.2, 0.25) is 5.02 Å². The molecule has 164 valence electrons. The molecule has 1 unspecified atom stereocenters. The standard InChI is InChI=1S/C26H24ClNO4/c1-2-31-24(29)16-26(21-11-7-4-8-12-21)25(30)28(17-19-9-5-3-6-10-19)23-14-13-22(27)15-20(23)18-32-26/h3-15H,2,16-18H2,1H3. The van der Waals surface area contributed by atoms with Gasteiger partial charge in [-0.25, -0.2) is 0 Å². The molecule has 1 atom stereocenters. The molecule has 0 N–H and O–H groups in total. The van der Waals surface area contributed by atoms with Gasteiger partial charge in [-0.05, 0) is 36.2 Å². The van der Waals surface area contributed by atoms with Crippen LogP contribution in [0.4, 0.5) is 5.69 Å². The number of carbonyl (C=O) groups is 2. The van der Waals surface area contributed by atoms with Crippen molar-refractivity contribution in [3.05, 3.63) is 101 Å². The highest BCUT2D eigenvalue weighted by atomic mass is 35.5. The molecule has 5 nitrogen and oxygen atoms in total. The van der Waals surface area contributed by atoms with Gasteiger partial charge in [0.05, 0.1) is 26.2 Å². The van der Waals surface area contributed by atoms with Gasteiger partial charge in [-0.2, -0.15) is 0 Å². The quantitative estimate of drug-likeness (QED) is 0.482. The van der Waals surface area contributed by atoms with Gasteiger partial charge in [0.15, 0.2) is 5.60 Å². The molecule has 1 amide bonds. The van der Waals surface area contributed by atoms with Crippen molar-refractivity contribution in [1.82, 2.24) is 0 Å². The fraction of sp³-hybridized carbons (Fsp3) is 0.231. The Morgan fingerprint density at radius 3 is 2.44 bits per heavy atom. The number of nitrogens with zero attached hydrogens (tertiary/aromatic N) is 1. The maximum Gasteiger partial charge on any atom is 0.309 e. The fourth-order valence-electron chi connectivity index (χ4n) is 4.00. The summed E-state index contributed by atoms with van der Waals surface area (Å²) in [6, 6.07) is 24.2. The highest BCUT2D eigenvalue weighted by molar-refractivity contribution is 6.30. The van der Waals surface area contributed by atoms with E-state index >= 15 is 0 Å². The smallest absolute Gasteiger partial charge is 0.309 e. The van der Waals surface area contributed by atoms with Crippen molar-refractivity contribution in [3.63, 3.8) is 0 Å². The average molecular weight is 450 g/mol. The molecule has 0 bridgehead atoms. The molecule has 0 saturated carbocycles. The lowest BCUT2D eigenvalue weighted by Crippen LogP contribution is -2.48. The fourth-order valence-corrected chi connectivity index (χ4v) is 4.20. The van der Waals surface area contributed by atoms with Crippen molar-refractivity contribution >= 4 is 29.2 Å². The van der Waals surface area contributed by atoms with E-state index in [0.717, 1.165) is 11.1 Å². The van der Waals surface area contributed by atoms with E-state index in [1.165, 1.54) is 0 Å². The first-order chi connectivity index (χ1) is 15.5. The number of anilines is 1. The van der Waals surface area contributed by atoms with Gasteiger partial charge in [-0.15, -0.1) is 0 Å². The van der Waals surface area contributed by atoms with Crippen LogP contribution in [0.5, 0.6) is 0 Å². The average Bonchev–Trinajstić information content (AvgIpc) is 2.91. The van der Waals surface area contributed by atoms with Crippen LogP contribution < -0.4 is 4.90 Å². The topological polar surface area (TPSA) is 55.8 Å². The van der Waals surface area contributed by atoms with Gasteiger partial charge >= 0.3 is 5.97 Å². The van der Waals surface area contributed by atoms with Gasteiger partial charge in [0, 0.05) is 16.3 Å². The van der Waals surface area contributed by atoms with Crippen LogP contribution in [0.1, 0.15) is 30.0 Å². The summed E-state index contributed by atoms with van der Waals surface area (Å²) in [6.07, 6.45) is -0.225. The number of benzene rings is 3. The third-order valence-electron chi connectivity index (χ3n) is 5.52. The molecule has 4 rings (SSSR count). The van der Waals surface area contributed by atoms with E-state index < -0.39 is 11.6 Å². The Balaban J connectivity index is 1.86. The highest BCUT2D eigenvalue weighted by Gasteiger charge is 2.49. The van der Waals surface area contributed by atoms with E-state index in [9.17, 15) is 9.59 Å². The maximum absolute atomic E-state index is 14.2. The summed E-state index contributed by atoms with van der Waals surface area (Å²) in [4.78, 5) is 28.5. The highest BCUT2D eigenvalue weighted by Crippen LogP contribution is 2.40. The first kappa shape index (κ1) is 22.1. The summed E-state index contributed by atoms with van der Waals surface area (Å²) in [5.74, 6) is -0.810. The maximum atomic E-state index is 14.2. The molecule has 3 aromatic carbocycles. The largest absolute Gasteiger partial charge is 0.466 e. The van der Waals surface area contributed by atoms with E-state index in [0.29, 0.717) is 22.8 Å². The van der Waals surface area contributed by atoms with Gasteiger partial charge in [-0.1, -0.05) is 72.3 Å². The molecule has 0 aliphatic carbocycles. The number of ether oxygens (including phenoxy) is 2. The zero-order valence-corrected chi connectivity index (χ0v) is 18.5. The second kappa shape index (κ2) is 9.55. The number of halogens is 1. The number of hydrogen-bond donors (Lipinski definition) is 0. The lowest BCUT2D eigenvalue weighted by molar-refractivity contribution is -0.163. The van der Waals surface area contributed by atoms with Crippen LogP contribution >= 0.6 is 11.6 Å². The molecule has 1 heterocycles. The minimum Gasteiger partial charge on any atom is -0.466 e. The Labute approximate surface area is 192 Å². The van der Waals surface area contributed by atoms with Crippen LogP contribution in [0.25, 0.3) is 0 Å². The summed E-state index contributed by atoms with van der Waals surface area (Å²) in [7, 11) is 0. The Hall–Kier alpha value is -3.15. The lowest BCUT2D eigenvalue weighted by Gasteiger charge is -2.34. The first-order valence-corrected chi connectivity index (χ1v) is 10.9. The van der Waals surface area contributed by atoms with Gasteiger partial charge in [-0.3, -0.25) is 9.59 Å². The Kier molecular flexibility index (Phi) is 6.58. The van der Waals surface area contributed by atoms with Crippen LogP contribution in [0, 0.1) is 0 Å². The summed E-state index contributed by atoms with van der Waals surface area (Å²) < 4.78 is 11.5. The normalized spacial score (nSPS) is 18.1. The van der Waals surface area contributed by atoms with Crippen molar-refractivity contribution < 1.29 is 19.1 Å². The van der Waals surface area contributed by atoms with Crippen LogP contribution in [-0.4, -0.2) is 18.5 Å². The number of amides is 1. The van der Waals surface area contributed by atoms with E-state index in [1.54, 1.807) is 36.1 Å². The zero-order chi connectivity index (χ0) is 22.6. The molecule has 0 aromatic heterocycles.